The van der Waals surface area contributed by atoms with Crippen LogP contribution in [0.15, 0.2) is 24.3 Å². The number of hydrogen-bond acceptors (Lipinski definition) is 3. The van der Waals surface area contributed by atoms with Crippen LogP contribution in [-0.4, -0.2) is 31.6 Å². The maximum Gasteiger partial charge on any atom is 0.237 e. The first-order valence-electron chi connectivity index (χ1n) is 7.73. The molecule has 1 amide bonds. The third kappa shape index (κ3) is 6.63. The SMILES string of the molecule is CCCC(C)NC(=O)C(C)NCCc1ccc(OC)cc1. The highest BCUT2D eigenvalue weighted by Crippen LogP contribution is 2.11. The van der Waals surface area contributed by atoms with Crippen molar-refractivity contribution < 1.29 is 9.53 Å². The highest BCUT2D eigenvalue weighted by Gasteiger charge is 2.13. The Bertz CT molecular complexity index is 417. The highest BCUT2D eigenvalue weighted by molar-refractivity contribution is 5.81. The standard InChI is InChI=1S/C17H28N2O2/c1-5-6-13(2)19-17(20)14(3)18-12-11-15-7-9-16(21-4)10-8-15/h7-10,13-14,18H,5-6,11-12H2,1-4H3,(H,19,20). The third-order valence-corrected chi connectivity index (χ3v) is 3.53. The number of carbonyl (C=O) groups is 1. The summed E-state index contributed by atoms with van der Waals surface area (Å²) < 4.78 is 5.13. The van der Waals surface area contributed by atoms with Gasteiger partial charge in [-0.3, -0.25) is 4.79 Å². The molecular formula is C17H28N2O2. The van der Waals surface area contributed by atoms with Crippen LogP contribution in [-0.2, 0) is 11.2 Å². The summed E-state index contributed by atoms with van der Waals surface area (Å²) in [6.45, 7) is 6.86. The Morgan fingerprint density at radius 3 is 2.48 bits per heavy atom. The van der Waals surface area contributed by atoms with Crippen molar-refractivity contribution in [1.82, 2.24) is 10.6 Å². The lowest BCUT2D eigenvalue weighted by atomic mass is 10.1. The van der Waals surface area contributed by atoms with Crippen molar-refractivity contribution in [2.45, 2.75) is 52.1 Å². The second-order valence-electron chi connectivity index (χ2n) is 5.47. The van der Waals surface area contributed by atoms with Crippen LogP contribution in [0.2, 0.25) is 0 Å². The normalized spacial score (nSPS) is 13.5. The molecular weight excluding hydrogens is 264 g/mol. The summed E-state index contributed by atoms with van der Waals surface area (Å²) in [5.74, 6) is 0.940. The smallest absolute Gasteiger partial charge is 0.237 e. The number of hydrogen-bond donors (Lipinski definition) is 2. The van der Waals surface area contributed by atoms with E-state index in [1.54, 1.807) is 7.11 Å². The molecule has 4 nitrogen and oxygen atoms in total. The molecule has 0 fully saturated rings. The number of rotatable bonds is 9. The van der Waals surface area contributed by atoms with Crippen LogP contribution in [0.25, 0.3) is 0 Å². The van der Waals surface area contributed by atoms with Crippen LogP contribution in [0.5, 0.6) is 5.75 Å². The van der Waals surface area contributed by atoms with Crippen molar-refractivity contribution >= 4 is 5.91 Å². The average Bonchev–Trinajstić information content (AvgIpc) is 2.48. The van der Waals surface area contributed by atoms with Gasteiger partial charge in [-0.25, -0.2) is 0 Å². The fourth-order valence-corrected chi connectivity index (χ4v) is 2.19. The van der Waals surface area contributed by atoms with E-state index in [4.69, 9.17) is 4.74 Å². The fourth-order valence-electron chi connectivity index (χ4n) is 2.19. The van der Waals surface area contributed by atoms with Gasteiger partial charge < -0.3 is 15.4 Å². The van der Waals surface area contributed by atoms with Gasteiger partial charge in [0, 0.05) is 6.04 Å². The molecule has 0 heterocycles. The summed E-state index contributed by atoms with van der Waals surface area (Å²) in [5.41, 5.74) is 1.23. The summed E-state index contributed by atoms with van der Waals surface area (Å²) >= 11 is 0. The lowest BCUT2D eigenvalue weighted by molar-refractivity contribution is -0.123. The molecule has 2 atom stereocenters. The van der Waals surface area contributed by atoms with E-state index in [9.17, 15) is 4.79 Å². The number of nitrogens with one attached hydrogen (secondary N) is 2. The minimum absolute atomic E-state index is 0.0747. The van der Waals surface area contributed by atoms with E-state index in [0.29, 0.717) is 0 Å². The second kappa shape index (κ2) is 9.40. The van der Waals surface area contributed by atoms with E-state index in [2.05, 4.69) is 29.7 Å². The van der Waals surface area contributed by atoms with Crippen LogP contribution in [0.4, 0.5) is 0 Å². The predicted molar refractivity (Wildman–Crippen MR) is 86.7 cm³/mol. The highest BCUT2D eigenvalue weighted by atomic mass is 16.5. The molecule has 2 N–H and O–H groups in total. The van der Waals surface area contributed by atoms with Gasteiger partial charge in [0.25, 0.3) is 0 Å². The van der Waals surface area contributed by atoms with Gasteiger partial charge in [-0.15, -0.1) is 0 Å². The molecule has 0 spiro atoms. The van der Waals surface area contributed by atoms with Crippen molar-refractivity contribution in [3.63, 3.8) is 0 Å². The molecule has 0 aliphatic carbocycles. The zero-order valence-electron chi connectivity index (χ0n) is 13.6. The topological polar surface area (TPSA) is 50.4 Å². The largest absolute Gasteiger partial charge is 0.497 e. The zero-order chi connectivity index (χ0) is 15.7. The summed E-state index contributed by atoms with van der Waals surface area (Å²) in [4.78, 5) is 12.0. The first-order chi connectivity index (χ1) is 10.1. The number of amides is 1. The number of ether oxygens (including phenoxy) is 1. The molecule has 0 aliphatic rings. The van der Waals surface area contributed by atoms with E-state index >= 15 is 0 Å². The molecule has 4 heteroatoms. The lowest BCUT2D eigenvalue weighted by Crippen LogP contribution is -2.45. The Balaban J connectivity index is 2.28. The van der Waals surface area contributed by atoms with Gasteiger partial charge in [-0.2, -0.15) is 0 Å². The monoisotopic (exact) mass is 292 g/mol. The van der Waals surface area contributed by atoms with Gasteiger partial charge in [0.1, 0.15) is 5.75 Å². The van der Waals surface area contributed by atoms with Gasteiger partial charge in [-0.05, 0) is 50.9 Å². The first kappa shape index (κ1) is 17.5. The maximum atomic E-state index is 12.0. The van der Waals surface area contributed by atoms with Gasteiger partial charge in [-0.1, -0.05) is 25.5 Å². The Morgan fingerprint density at radius 1 is 1.24 bits per heavy atom. The van der Waals surface area contributed by atoms with Crippen molar-refractivity contribution in [3.05, 3.63) is 29.8 Å². The quantitative estimate of drug-likeness (QED) is 0.735. The Labute approximate surface area is 128 Å². The Kier molecular flexibility index (Phi) is 7.83. The van der Waals surface area contributed by atoms with Gasteiger partial charge in [0.15, 0.2) is 0 Å². The summed E-state index contributed by atoms with van der Waals surface area (Å²) in [5, 5.41) is 6.29. The van der Waals surface area contributed by atoms with Crippen LogP contribution in [0, 0.1) is 0 Å². The van der Waals surface area contributed by atoms with Crippen molar-refractivity contribution in [3.8, 4) is 5.75 Å². The Hall–Kier alpha value is -1.55. The van der Waals surface area contributed by atoms with Crippen molar-refractivity contribution in [2.75, 3.05) is 13.7 Å². The molecule has 0 radical (unpaired) electrons. The van der Waals surface area contributed by atoms with E-state index < -0.39 is 0 Å². The van der Waals surface area contributed by atoms with Crippen LogP contribution in [0.1, 0.15) is 39.2 Å². The number of methoxy groups -OCH3 is 1. The average molecular weight is 292 g/mol. The van der Waals surface area contributed by atoms with Crippen LogP contribution >= 0.6 is 0 Å². The first-order valence-corrected chi connectivity index (χ1v) is 7.73. The predicted octanol–water partition coefficient (Wildman–Crippen LogP) is 2.52. The molecule has 1 rings (SSSR count). The minimum atomic E-state index is -0.164. The molecule has 1 aromatic rings. The Morgan fingerprint density at radius 2 is 1.90 bits per heavy atom. The van der Waals surface area contributed by atoms with Gasteiger partial charge in [0.05, 0.1) is 13.2 Å². The van der Waals surface area contributed by atoms with Crippen LogP contribution in [0.3, 0.4) is 0 Å². The molecule has 21 heavy (non-hydrogen) atoms. The molecule has 0 saturated carbocycles. The van der Waals surface area contributed by atoms with E-state index in [0.717, 1.165) is 31.6 Å². The summed E-state index contributed by atoms with van der Waals surface area (Å²) in [6.07, 6.45) is 3.00. The lowest BCUT2D eigenvalue weighted by Gasteiger charge is -2.18. The fraction of sp³-hybridized carbons (Fsp3) is 0.588. The van der Waals surface area contributed by atoms with E-state index in [-0.39, 0.29) is 18.0 Å². The van der Waals surface area contributed by atoms with E-state index in [1.165, 1.54) is 5.56 Å². The van der Waals surface area contributed by atoms with Crippen molar-refractivity contribution in [2.24, 2.45) is 0 Å². The van der Waals surface area contributed by atoms with Crippen molar-refractivity contribution in [1.29, 1.82) is 0 Å². The molecule has 0 aromatic heterocycles. The second-order valence-corrected chi connectivity index (χ2v) is 5.47. The van der Waals surface area contributed by atoms with Crippen LogP contribution < -0.4 is 15.4 Å². The zero-order valence-corrected chi connectivity index (χ0v) is 13.6. The molecule has 118 valence electrons. The molecule has 2 unspecified atom stereocenters. The number of carbonyl (C=O) groups excluding carboxylic acids is 1. The molecule has 0 aliphatic heterocycles. The minimum Gasteiger partial charge on any atom is -0.497 e. The van der Waals surface area contributed by atoms with Gasteiger partial charge in [0.2, 0.25) is 5.91 Å². The summed E-state index contributed by atoms with van der Waals surface area (Å²) in [7, 11) is 1.66. The maximum absolute atomic E-state index is 12.0. The molecule has 1 aromatic carbocycles. The molecule has 0 saturated heterocycles. The summed E-state index contributed by atoms with van der Waals surface area (Å²) in [6, 6.07) is 8.09. The van der Waals surface area contributed by atoms with E-state index in [1.807, 2.05) is 26.0 Å². The molecule has 0 bridgehead atoms. The third-order valence-electron chi connectivity index (χ3n) is 3.53. The number of benzene rings is 1. The van der Waals surface area contributed by atoms with Gasteiger partial charge >= 0.3 is 0 Å².